The predicted molar refractivity (Wildman–Crippen MR) is 205 cm³/mol. The molecule has 4 aromatic carbocycles. The summed E-state index contributed by atoms with van der Waals surface area (Å²) in [5.41, 5.74) is -3.16. The standard InChI is InChI=1S/C42H32F8N6O5S/c43-23-2-8-32(46)29(18-23)22-1-7-28-33(16-22)52-40(56(41(28)58)26-3-5-27(6-4-26)62(59,60)54-9-11-61-12-10-54)34(15-21-13-24(44)17-25(45)14-21)51-35(57)20-55-38-36(37(53-55)39(47)48)30-19-31(30)42(38,49)50/h1-8,13-14,16-18,30-31,34,39H,9-12,15,19-20H2,(H,51,57)/t30-,31+,34-/m0/s1. The minimum Gasteiger partial charge on any atom is -0.379 e. The van der Waals surface area contributed by atoms with Gasteiger partial charge in [-0.15, -0.1) is 0 Å². The van der Waals surface area contributed by atoms with Crippen molar-refractivity contribution in [2.45, 2.75) is 48.6 Å². The molecule has 6 aromatic rings. The molecule has 3 atom stereocenters. The van der Waals surface area contributed by atoms with Crippen molar-refractivity contribution in [1.82, 2.24) is 29.0 Å². The van der Waals surface area contributed by atoms with E-state index in [4.69, 9.17) is 4.74 Å². The number of nitrogens with one attached hydrogen (secondary N) is 1. The largest absolute Gasteiger partial charge is 0.379 e. The van der Waals surface area contributed by atoms with Crippen molar-refractivity contribution in [2.24, 2.45) is 5.92 Å². The summed E-state index contributed by atoms with van der Waals surface area (Å²) >= 11 is 0. The first-order valence-corrected chi connectivity index (χ1v) is 20.7. The molecule has 20 heteroatoms. The van der Waals surface area contributed by atoms with Crippen LogP contribution in [0.25, 0.3) is 27.7 Å². The third-order valence-electron chi connectivity index (χ3n) is 11.3. The van der Waals surface area contributed by atoms with E-state index < -0.39 is 99.3 Å². The number of aromatic nitrogens is 4. The summed E-state index contributed by atoms with van der Waals surface area (Å²) in [6.07, 6.45) is -3.76. The number of hydrogen-bond acceptors (Lipinski definition) is 7. The number of carbonyl (C=O) groups is 1. The van der Waals surface area contributed by atoms with Crippen LogP contribution in [0.4, 0.5) is 35.1 Å². The maximum absolute atomic E-state index is 15.4. The Hall–Kier alpha value is -5.99. The molecule has 3 aliphatic rings. The van der Waals surface area contributed by atoms with Gasteiger partial charge >= 0.3 is 0 Å². The highest BCUT2D eigenvalue weighted by molar-refractivity contribution is 7.89. The second kappa shape index (κ2) is 15.4. The Kier molecular flexibility index (Phi) is 10.3. The van der Waals surface area contributed by atoms with Gasteiger partial charge in [-0.25, -0.2) is 39.7 Å². The lowest BCUT2D eigenvalue weighted by molar-refractivity contribution is -0.123. The Labute approximate surface area is 346 Å². The summed E-state index contributed by atoms with van der Waals surface area (Å²) in [6.45, 7) is -0.485. The van der Waals surface area contributed by atoms with Crippen LogP contribution >= 0.6 is 0 Å². The Morgan fingerprint density at radius 3 is 2.31 bits per heavy atom. The second-order valence-electron chi connectivity index (χ2n) is 15.3. The van der Waals surface area contributed by atoms with Crippen LogP contribution in [-0.4, -0.2) is 64.3 Å². The van der Waals surface area contributed by atoms with Crippen molar-refractivity contribution < 1.29 is 53.1 Å². The van der Waals surface area contributed by atoms with Crippen LogP contribution < -0.4 is 10.9 Å². The highest BCUT2D eigenvalue weighted by Crippen LogP contribution is 2.68. The maximum Gasteiger partial charge on any atom is 0.293 e. The lowest BCUT2D eigenvalue weighted by atomic mass is 10.0. The summed E-state index contributed by atoms with van der Waals surface area (Å²) in [7, 11) is -4.03. The van der Waals surface area contributed by atoms with E-state index in [1.165, 1.54) is 46.8 Å². The number of benzene rings is 4. The van der Waals surface area contributed by atoms with E-state index in [9.17, 15) is 44.3 Å². The lowest BCUT2D eigenvalue weighted by Crippen LogP contribution is -2.40. The van der Waals surface area contributed by atoms with Crippen molar-refractivity contribution in [2.75, 3.05) is 26.3 Å². The third-order valence-corrected chi connectivity index (χ3v) is 13.2. The van der Waals surface area contributed by atoms with Gasteiger partial charge in [0.15, 0.2) is 0 Å². The maximum atomic E-state index is 15.4. The van der Waals surface area contributed by atoms with Crippen LogP contribution in [0, 0.1) is 29.2 Å². The van der Waals surface area contributed by atoms with Crippen LogP contribution in [0.2, 0.25) is 0 Å². The van der Waals surface area contributed by atoms with Gasteiger partial charge in [0.2, 0.25) is 15.9 Å². The zero-order valence-corrected chi connectivity index (χ0v) is 32.8. The van der Waals surface area contributed by atoms with E-state index in [1.54, 1.807) is 0 Å². The zero-order valence-electron chi connectivity index (χ0n) is 32.0. The van der Waals surface area contributed by atoms with Crippen molar-refractivity contribution in [3.05, 3.63) is 141 Å². The highest BCUT2D eigenvalue weighted by atomic mass is 32.2. The van der Waals surface area contributed by atoms with E-state index in [1.807, 2.05) is 0 Å². The first-order valence-electron chi connectivity index (χ1n) is 19.2. The van der Waals surface area contributed by atoms with E-state index >= 15 is 8.78 Å². The molecule has 0 radical (unpaired) electrons. The number of sulfonamides is 1. The molecule has 1 amide bonds. The van der Waals surface area contributed by atoms with Crippen LogP contribution in [0.1, 0.15) is 53.1 Å². The molecular weight excluding hydrogens is 853 g/mol. The fraction of sp³-hybridized carbons (Fsp3) is 0.286. The van der Waals surface area contributed by atoms with Crippen molar-refractivity contribution >= 4 is 26.8 Å². The smallest absolute Gasteiger partial charge is 0.293 e. The van der Waals surface area contributed by atoms with Gasteiger partial charge in [-0.05, 0) is 90.2 Å². The van der Waals surface area contributed by atoms with E-state index in [0.29, 0.717) is 10.7 Å². The molecule has 2 aliphatic carbocycles. The number of ether oxygens (including phenoxy) is 1. The quantitative estimate of drug-likeness (QED) is 0.138. The number of rotatable bonds is 11. The number of hydrogen-bond donors (Lipinski definition) is 1. The van der Waals surface area contributed by atoms with Gasteiger partial charge < -0.3 is 10.1 Å². The van der Waals surface area contributed by atoms with Crippen molar-refractivity contribution in [3.8, 4) is 16.8 Å². The van der Waals surface area contributed by atoms with Gasteiger partial charge in [0.25, 0.3) is 17.9 Å². The van der Waals surface area contributed by atoms with Gasteiger partial charge in [-0.1, -0.05) is 6.07 Å². The number of fused-ring (bicyclic) bond motifs is 4. The van der Waals surface area contributed by atoms with E-state index in [0.717, 1.165) is 34.9 Å². The molecule has 62 heavy (non-hydrogen) atoms. The highest BCUT2D eigenvalue weighted by Gasteiger charge is 2.67. The zero-order chi connectivity index (χ0) is 43.8. The van der Waals surface area contributed by atoms with Crippen molar-refractivity contribution in [1.29, 1.82) is 0 Å². The molecule has 2 fully saturated rings. The monoisotopic (exact) mass is 884 g/mol. The minimum absolute atomic E-state index is 0.00408. The van der Waals surface area contributed by atoms with Gasteiger partial charge in [-0.3, -0.25) is 18.8 Å². The number of nitrogens with zero attached hydrogens (tertiary/aromatic N) is 5. The van der Waals surface area contributed by atoms with Crippen LogP contribution in [0.15, 0.2) is 88.6 Å². The average Bonchev–Trinajstić information content (AvgIpc) is 3.89. The van der Waals surface area contributed by atoms with Crippen LogP contribution in [-0.2, 0) is 38.4 Å². The van der Waals surface area contributed by atoms with Gasteiger partial charge in [-0.2, -0.15) is 18.2 Å². The molecule has 1 aliphatic heterocycles. The Balaban J connectivity index is 1.19. The van der Waals surface area contributed by atoms with Crippen LogP contribution in [0.3, 0.4) is 0 Å². The van der Waals surface area contributed by atoms with Gasteiger partial charge in [0.05, 0.1) is 40.7 Å². The summed E-state index contributed by atoms with van der Waals surface area (Å²) in [6, 6.07) is 12.6. The first-order chi connectivity index (χ1) is 29.5. The summed E-state index contributed by atoms with van der Waals surface area (Å²) in [5, 5.41) is 6.18. The Morgan fingerprint density at radius 1 is 0.903 bits per heavy atom. The molecule has 2 aromatic heterocycles. The number of alkyl halides is 4. The van der Waals surface area contributed by atoms with E-state index in [2.05, 4.69) is 15.4 Å². The number of amides is 1. The summed E-state index contributed by atoms with van der Waals surface area (Å²) < 4.78 is 153. The summed E-state index contributed by atoms with van der Waals surface area (Å²) in [4.78, 5) is 33.2. The van der Waals surface area contributed by atoms with Gasteiger partial charge in [0.1, 0.15) is 47.0 Å². The molecule has 9 rings (SSSR count). The average molecular weight is 885 g/mol. The fourth-order valence-corrected chi connectivity index (χ4v) is 9.81. The van der Waals surface area contributed by atoms with Crippen molar-refractivity contribution in [3.63, 3.8) is 0 Å². The molecule has 3 heterocycles. The molecule has 1 saturated carbocycles. The molecule has 322 valence electrons. The number of halogens is 8. The number of carbonyl (C=O) groups excluding carboxylic acids is 1. The molecule has 0 unspecified atom stereocenters. The molecule has 0 bridgehead atoms. The fourth-order valence-electron chi connectivity index (χ4n) is 8.40. The minimum atomic E-state index is -4.03. The number of morpholine rings is 1. The Bertz CT molecular complexity index is 2940. The summed E-state index contributed by atoms with van der Waals surface area (Å²) in [5.74, 6) is -10.7. The molecule has 1 N–H and O–H groups in total. The molecule has 1 saturated heterocycles. The topological polar surface area (TPSA) is 128 Å². The van der Waals surface area contributed by atoms with Crippen LogP contribution in [0.5, 0.6) is 0 Å². The van der Waals surface area contributed by atoms with Gasteiger partial charge in [0, 0.05) is 42.6 Å². The lowest BCUT2D eigenvalue weighted by Gasteiger charge is -2.26. The first kappa shape index (κ1) is 41.4. The second-order valence-corrected chi connectivity index (χ2v) is 17.2. The molecule has 0 spiro atoms. The third kappa shape index (κ3) is 7.32. The molecule has 11 nitrogen and oxygen atoms in total. The normalized spacial score (nSPS) is 18.8. The molecular formula is C42H32F8N6O5S. The Morgan fingerprint density at radius 2 is 1.61 bits per heavy atom. The SMILES string of the molecule is O=C(Cn1nc(C(F)F)c2c1C(F)(F)[C@@H]1C[C@H]21)N[C@@H](Cc1cc(F)cc(F)c1)c1nc2cc(-c3cc(F)ccc3F)ccc2c(=O)n1-c1ccc(S(=O)(=O)N2CCOCC2)cc1. The predicted octanol–water partition coefficient (Wildman–Crippen LogP) is 7.07. The van der Waals surface area contributed by atoms with E-state index in [-0.39, 0.29) is 82.3 Å².